The molecule has 0 saturated heterocycles. The summed E-state index contributed by atoms with van der Waals surface area (Å²) in [4.78, 5) is 11.7. The normalized spacial score (nSPS) is 10.7. The Labute approximate surface area is 103 Å². The van der Waals surface area contributed by atoms with Gasteiger partial charge in [-0.1, -0.05) is 0 Å². The molecule has 1 heterocycles. The van der Waals surface area contributed by atoms with Crippen molar-refractivity contribution in [3.05, 3.63) is 71.6 Å². The molecule has 0 fully saturated rings. The fourth-order valence-corrected chi connectivity index (χ4v) is 1.40. The zero-order chi connectivity index (χ0) is 13.0. The molecule has 0 spiro atoms. The highest BCUT2D eigenvalue weighted by molar-refractivity contribution is 6.05. The van der Waals surface area contributed by atoms with Crippen molar-refractivity contribution in [1.29, 1.82) is 5.41 Å². The maximum atomic E-state index is 12.7. The molecule has 2 rings (SSSR count). The van der Waals surface area contributed by atoms with Gasteiger partial charge in [-0.15, -0.1) is 0 Å². The smallest absolute Gasteiger partial charge is 0.187 e. The first kappa shape index (κ1) is 12.0. The van der Waals surface area contributed by atoms with Gasteiger partial charge in [-0.2, -0.15) is 0 Å². The average Bonchev–Trinajstić information content (AvgIpc) is 2.38. The molecule has 0 amide bonds. The van der Waals surface area contributed by atoms with E-state index < -0.39 is 0 Å². The molecule has 0 unspecified atom stereocenters. The molecule has 4 heteroatoms. The molecule has 1 N–H and O–H groups in total. The van der Waals surface area contributed by atoms with Crippen molar-refractivity contribution in [2.24, 2.45) is 0 Å². The molecule has 0 aliphatic rings. The minimum absolute atomic E-state index is 0.197. The van der Waals surface area contributed by atoms with Crippen LogP contribution in [0.25, 0.3) is 6.20 Å². The number of aromatic nitrogens is 1. The lowest BCUT2D eigenvalue weighted by Gasteiger charge is -1.98. The van der Waals surface area contributed by atoms with Crippen LogP contribution >= 0.6 is 0 Å². The van der Waals surface area contributed by atoms with E-state index >= 15 is 0 Å². The predicted octanol–water partition coefficient (Wildman–Crippen LogP) is 2.46. The number of halogens is 1. The first-order valence-electron chi connectivity index (χ1n) is 5.36. The second-order valence-corrected chi connectivity index (χ2v) is 3.72. The van der Waals surface area contributed by atoms with Crippen LogP contribution in [-0.4, -0.2) is 10.4 Å². The molecule has 0 saturated carbocycles. The van der Waals surface area contributed by atoms with E-state index in [1.54, 1.807) is 35.3 Å². The molecule has 90 valence electrons. The Hall–Kier alpha value is -2.49. The molecule has 2 aromatic rings. The summed E-state index contributed by atoms with van der Waals surface area (Å²) in [7, 11) is 0. The maximum absolute atomic E-state index is 12.7. The Kier molecular flexibility index (Phi) is 3.48. The molecular formula is C14H11FN2O. The van der Waals surface area contributed by atoms with E-state index in [1.165, 1.54) is 30.3 Å². The zero-order valence-electron chi connectivity index (χ0n) is 9.51. The fourth-order valence-electron chi connectivity index (χ4n) is 1.40. The monoisotopic (exact) mass is 242 g/mol. The molecule has 0 aliphatic carbocycles. The van der Waals surface area contributed by atoms with Crippen molar-refractivity contribution >= 4 is 12.0 Å². The SMILES string of the molecule is N=c1ccn(/C=C/C(=O)c2ccc(F)cc2)cc1. The van der Waals surface area contributed by atoms with Crippen LogP contribution in [0, 0.1) is 11.2 Å². The van der Waals surface area contributed by atoms with Crippen LogP contribution in [0.5, 0.6) is 0 Å². The van der Waals surface area contributed by atoms with E-state index in [0.717, 1.165) is 0 Å². The molecule has 0 atom stereocenters. The molecule has 0 radical (unpaired) electrons. The van der Waals surface area contributed by atoms with E-state index in [4.69, 9.17) is 5.41 Å². The van der Waals surface area contributed by atoms with Crippen LogP contribution in [0.15, 0.2) is 54.9 Å². The molecule has 0 aliphatic heterocycles. The van der Waals surface area contributed by atoms with Gasteiger partial charge >= 0.3 is 0 Å². The number of pyridine rings is 1. The molecule has 3 nitrogen and oxygen atoms in total. The van der Waals surface area contributed by atoms with Gasteiger partial charge in [0.2, 0.25) is 0 Å². The van der Waals surface area contributed by atoms with Crippen molar-refractivity contribution in [3.8, 4) is 0 Å². The molecule has 0 bridgehead atoms. The van der Waals surface area contributed by atoms with Crippen LogP contribution in [0.1, 0.15) is 10.4 Å². The lowest BCUT2D eigenvalue weighted by molar-refractivity contribution is 0.104. The Morgan fingerprint density at radius 3 is 2.33 bits per heavy atom. The third-order valence-corrected chi connectivity index (χ3v) is 2.38. The van der Waals surface area contributed by atoms with Crippen molar-refractivity contribution in [2.45, 2.75) is 0 Å². The number of hydrogen-bond donors (Lipinski definition) is 1. The number of nitrogens with one attached hydrogen (secondary N) is 1. The highest BCUT2D eigenvalue weighted by Crippen LogP contribution is 2.04. The minimum atomic E-state index is -0.365. The van der Waals surface area contributed by atoms with Gasteiger partial charge in [0.25, 0.3) is 0 Å². The van der Waals surface area contributed by atoms with E-state index in [-0.39, 0.29) is 11.6 Å². The number of rotatable bonds is 3. The lowest BCUT2D eigenvalue weighted by Crippen LogP contribution is -2.00. The summed E-state index contributed by atoms with van der Waals surface area (Å²) in [6, 6.07) is 8.63. The summed E-state index contributed by atoms with van der Waals surface area (Å²) in [5.74, 6) is -0.562. The van der Waals surface area contributed by atoms with Gasteiger partial charge in [-0.3, -0.25) is 4.79 Å². The number of nitrogens with zero attached hydrogens (tertiary/aromatic N) is 1. The Balaban J connectivity index is 2.14. The predicted molar refractivity (Wildman–Crippen MR) is 66.3 cm³/mol. The van der Waals surface area contributed by atoms with Crippen LogP contribution in [-0.2, 0) is 0 Å². The number of benzene rings is 1. The summed E-state index contributed by atoms with van der Waals surface area (Å²) in [5.41, 5.74) is 0.436. The second-order valence-electron chi connectivity index (χ2n) is 3.72. The molecule has 1 aromatic heterocycles. The first-order chi connectivity index (χ1) is 8.65. The first-order valence-corrected chi connectivity index (χ1v) is 5.36. The quantitative estimate of drug-likeness (QED) is 0.652. The number of carbonyl (C=O) groups excluding carboxylic acids is 1. The van der Waals surface area contributed by atoms with E-state index in [9.17, 15) is 9.18 Å². The Morgan fingerprint density at radius 1 is 1.11 bits per heavy atom. The summed E-state index contributed by atoms with van der Waals surface area (Å²) in [6.45, 7) is 0. The average molecular weight is 242 g/mol. The van der Waals surface area contributed by atoms with Crippen molar-refractivity contribution < 1.29 is 9.18 Å². The molecular weight excluding hydrogens is 231 g/mol. The number of carbonyl (C=O) groups is 1. The number of hydrogen-bond acceptors (Lipinski definition) is 2. The summed E-state index contributed by atoms with van der Waals surface area (Å²) in [6.07, 6.45) is 6.34. The van der Waals surface area contributed by atoms with Gasteiger partial charge in [-0.05, 0) is 36.4 Å². The fraction of sp³-hybridized carbons (Fsp3) is 0. The third-order valence-electron chi connectivity index (χ3n) is 2.38. The van der Waals surface area contributed by atoms with Crippen molar-refractivity contribution in [1.82, 2.24) is 4.57 Å². The highest BCUT2D eigenvalue weighted by atomic mass is 19.1. The summed E-state index contributed by atoms with van der Waals surface area (Å²) < 4.78 is 14.4. The van der Waals surface area contributed by atoms with Crippen molar-refractivity contribution in [3.63, 3.8) is 0 Å². The Bertz CT molecular complexity index is 621. The van der Waals surface area contributed by atoms with Gasteiger partial charge in [0, 0.05) is 30.2 Å². The maximum Gasteiger partial charge on any atom is 0.187 e. The molecule has 1 aromatic carbocycles. The van der Waals surface area contributed by atoms with Gasteiger partial charge in [0.15, 0.2) is 5.78 Å². The van der Waals surface area contributed by atoms with E-state index in [0.29, 0.717) is 10.9 Å². The summed E-state index contributed by atoms with van der Waals surface area (Å²) >= 11 is 0. The van der Waals surface area contributed by atoms with E-state index in [1.807, 2.05) is 0 Å². The number of allylic oxidation sites excluding steroid dienone is 1. The lowest BCUT2D eigenvalue weighted by atomic mass is 10.1. The second kappa shape index (κ2) is 5.23. The third kappa shape index (κ3) is 3.01. The zero-order valence-corrected chi connectivity index (χ0v) is 9.51. The standard InChI is InChI=1S/C14H11FN2O/c15-12-3-1-11(2-4-12)14(18)7-10-17-8-5-13(16)6-9-17/h1-10,16H/b10-7+. The Morgan fingerprint density at radius 2 is 1.72 bits per heavy atom. The topological polar surface area (TPSA) is 45.9 Å². The largest absolute Gasteiger partial charge is 0.330 e. The van der Waals surface area contributed by atoms with Gasteiger partial charge in [0.1, 0.15) is 5.82 Å². The van der Waals surface area contributed by atoms with Crippen LogP contribution in [0.4, 0.5) is 4.39 Å². The van der Waals surface area contributed by atoms with Crippen LogP contribution < -0.4 is 5.36 Å². The number of ketones is 1. The minimum Gasteiger partial charge on any atom is -0.330 e. The van der Waals surface area contributed by atoms with Crippen molar-refractivity contribution in [2.75, 3.05) is 0 Å². The van der Waals surface area contributed by atoms with Gasteiger partial charge in [0.05, 0.1) is 5.36 Å². The van der Waals surface area contributed by atoms with Crippen LogP contribution in [0.2, 0.25) is 0 Å². The molecule has 18 heavy (non-hydrogen) atoms. The highest BCUT2D eigenvalue weighted by Gasteiger charge is 2.00. The van der Waals surface area contributed by atoms with Gasteiger partial charge in [-0.25, -0.2) is 4.39 Å². The van der Waals surface area contributed by atoms with Gasteiger partial charge < -0.3 is 9.98 Å². The van der Waals surface area contributed by atoms with Crippen LogP contribution in [0.3, 0.4) is 0 Å². The van der Waals surface area contributed by atoms with E-state index in [2.05, 4.69) is 0 Å². The summed E-state index contributed by atoms with van der Waals surface area (Å²) in [5, 5.41) is 7.73.